The smallest absolute Gasteiger partial charge is 0.317 e. The highest BCUT2D eigenvalue weighted by Crippen LogP contribution is 2.09. The summed E-state index contributed by atoms with van der Waals surface area (Å²) in [4.78, 5) is 13.0. The molecule has 0 aliphatic rings. The Morgan fingerprint density at radius 3 is 2.33 bits per heavy atom. The van der Waals surface area contributed by atoms with E-state index < -0.39 is 0 Å². The molecule has 4 heteroatoms. The Labute approximate surface area is 74.1 Å². The number of urea groups is 1. The van der Waals surface area contributed by atoms with E-state index >= 15 is 0 Å². The monoisotopic (exact) mass is 173 g/mol. The Morgan fingerprint density at radius 2 is 2.00 bits per heavy atom. The van der Waals surface area contributed by atoms with Gasteiger partial charge in [0.2, 0.25) is 0 Å². The summed E-state index contributed by atoms with van der Waals surface area (Å²) >= 11 is 0. The minimum Gasteiger partial charge on any atom is -0.337 e. The van der Waals surface area contributed by atoms with Crippen LogP contribution in [0.5, 0.6) is 0 Å². The Kier molecular flexibility index (Phi) is 4.03. The molecule has 0 aromatic heterocycles. The fourth-order valence-electron chi connectivity index (χ4n) is 0.602. The summed E-state index contributed by atoms with van der Waals surface area (Å²) in [5, 5.41) is 2.70. The third-order valence-electron chi connectivity index (χ3n) is 1.73. The molecule has 0 spiro atoms. The number of hydrogen-bond acceptors (Lipinski definition) is 2. The highest BCUT2D eigenvalue weighted by Gasteiger charge is 2.21. The third-order valence-corrected chi connectivity index (χ3v) is 1.73. The van der Waals surface area contributed by atoms with E-state index in [-0.39, 0.29) is 11.6 Å². The van der Waals surface area contributed by atoms with Crippen molar-refractivity contribution in [2.24, 2.45) is 5.73 Å². The topological polar surface area (TPSA) is 58.4 Å². The molecule has 4 nitrogen and oxygen atoms in total. The van der Waals surface area contributed by atoms with E-state index in [4.69, 9.17) is 5.73 Å². The molecule has 0 unspecified atom stereocenters. The molecule has 0 saturated carbocycles. The van der Waals surface area contributed by atoms with Gasteiger partial charge in [-0.05, 0) is 20.8 Å². The van der Waals surface area contributed by atoms with E-state index in [1.807, 2.05) is 20.8 Å². The van der Waals surface area contributed by atoms with Gasteiger partial charge in [-0.2, -0.15) is 0 Å². The zero-order valence-electron chi connectivity index (χ0n) is 8.35. The molecule has 0 heterocycles. The van der Waals surface area contributed by atoms with Gasteiger partial charge in [-0.25, -0.2) is 4.79 Å². The first-order valence-electron chi connectivity index (χ1n) is 4.11. The van der Waals surface area contributed by atoms with Crippen molar-refractivity contribution in [2.45, 2.75) is 26.3 Å². The average Bonchev–Trinajstić information content (AvgIpc) is 1.97. The van der Waals surface area contributed by atoms with Gasteiger partial charge in [-0.15, -0.1) is 0 Å². The highest BCUT2D eigenvalue weighted by molar-refractivity contribution is 5.74. The lowest BCUT2D eigenvalue weighted by Gasteiger charge is -2.31. The molecular formula is C8H19N3O. The van der Waals surface area contributed by atoms with Crippen LogP contribution >= 0.6 is 0 Å². The highest BCUT2D eigenvalue weighted by atomic mass is 16.2. The van der Waals surface area contributed by atoms with Gasteiger partial charge in [-0.3, -0.25) is 0 Å². The number of nitrogens with one attached hydrogen (secondary N) is 1. The van der Waals surface area contributed by atoms with Crippen molar-refractivity contribution in [3.63, 3.8) is 0 Å². The molecule has 0 aliphatic carbocycles. The van der Waals surface area contributed by atoms with Crippen LogP contribution in [-0.4, -0.2) is 36.6 Å². The lowest BCUT2D eigenvalue weighted by atomic mass is 10.1. The van der Waals surface area contributed by atoms with Crippen LogP contribution in [0.15, 0.2) is 0 Å². The van der Waals surface area contributed by atoms with Crippen molar-refractivity contribution in [2.75, 3.05) is 20.1 Å². The van der Waals surface area contributed by atoms with E-state index in [2.05, 4.69) is 5.32 Å². The Bertz CT molecular complexity index is 151. The largest absolute Gasteiger partial charge is 0.337 e. The van der Waals surface area contributed by atoms with Gasteiger partial charge in [0.1, 0.15) is 0 Å². The molecule has 3 N–H and O–H groups in total. The van der Waals surface area contributed by atoms with Gasteiger partial charge in [-0.1, -0.05) is 0 Å². The molecule has 0 rings (SSSR count). The molecule has 0 aromatic rings. The second-order valence-electron chi connectivity index (χ2n) is 3.75. The van der Waals surface area contributed by atoms with Crippen LogP contribution in [-0.2, 0) is 0 Å². The van der Waals surface area contributed by atoms with Crippen LogP contribution in [0.1, 0.15) is 20.8 Å². The first-order chi connectivity index (χ1) is 5.39. The predicted octanol–water partition coefficient (Wildman–Crippen LogP) is 0.385. The van der Waals surface area contributed by atoms with E-state index in [1.165, 1.54) is 0 Å². The minimum absolute atomic E-state index is 0.0760. The predicted molar refractivity (Wildman–Crippen MR) is 50.0 cm³/mol. The summed E-state index contributed by atoms with van der Waals surface area (Å²) in [7, 11) is 1.77. The van der Waals surface area contributed by atoms with Crippen LogP contribution in [0.2, 0.25) is 0 Å². The number of amides is 2. The SMILES string of the molecule is CN(C(=O)NCCN)C(C)(C)C. The zero-order chi connectivity index (χ0) is 9.78. The Hall–Kier alpha value is -0.770. The lowest BCUT2D eigenvalue weighted by Crippen LogP contribution is -2.48. The van der Waals surface area contributed by atoms with Gasteiger partial charge >= 0.3 is 6.03 Å². The maximum atomic E-state index is 11.3. The summed E-state index contributed by atoms with van der Waals surface area (Å²) < 4.78 is 0. The summed E-state index contributed by atoms with van der Waals surface area (Å²) in [6, 6.07) is -0.0760. The summed E-state index contributed by atoms with van der Waals surface area (Å²) in [5.41, 5.74) is 5.11. The first kappa shape index (κ1) is 11.2. The number of nitrogens with zero attached hydrogens (tertiary/aromatic N) is 1. The molecular weight excluding hydrogens is 154 g/mol. The summed E-state index contributed by atoms with van der Waals surface area (Å²) in [6.07, 6.45) is 0. The fraction of sp³-hybridized carbons (Fsp3) is 0.875. The van der Waals surface area contributed by atoms with Crippen LogP contribution < -0.4 is 11.1 Å². The number of carbonyl (C=O) groups is 1. The molecule has 0 fully saturated rings. The van der Waals surface area contributed by atoms with Crippen molar-refractivity contribution < 1.29 is 4.79 Å². The van der Waals surface area contributed by atoms with Gasteiger partial charge in [0, 0.05) is 25.7 Å². The molecule has 0 saturated heterocycles. The van der Waals surface area contributed by atoms with Crippen LogP contribution in [0.25, 0.3) is 0 Å². The van der Waals surface area contributed by atoms with Gasteiger partial charge in [0.05, 0.1) is 0 Å². The molecule has 72 valence electrons. The fourth-order valence-corrected chi connectivity index (χ4v) is 0.602. The van der Waals surface area contributed by atoms with Crippen LogP contribution in [0.4, 0.5) is 4.79 Å². The van der Waals surface area contributed by atoms with Gasteiger partial charge in [0.25, 0.3) is 0 Å². The Balaban J connectivity index is 3.94. The lowest BCUT2D eigenvalue weighted by molar-refractivity contribution is 0.166. The van der Waals surface area contributed by atoms with E-state index in [0.717, 1.165) is 0 Å². The first-order valence-corrected chi connectivity index (χ1v) is 4.11. The van der Waals surface area contributed by atoms with Crippen molar-refractivity contribution in [3.05, 3.63) is 0 Å². The third kappa shape index (κ3) is 3.57. The van der Waals surface area contributed by atoms with Gasteiger partial charge in [0.15, 0.2) is 0 Å². The van der Waals surface area contributed by atoms with Gasteiger partial charge < -0.3 is 16.0 Å². The maximum absolute atomic E-state index is 11.3. The zero-order valence-corrected chi connectivity index (χ0v) is 8.35. The number of carbonyl (C=O) groups excluding carboxylic acids is 1. The second-order valence-corrected chi connectivity index (χ2v) is 3.75. The van der Waals surface area contributed by atoms with Crippen molar-refractivity contribution in [1.82, 2.24) is 10.2 Å². The number of hydrogen-bond donors (Lipinski definition) is 2. The van der Waals surface area contributed by atoms with E-state index in [1.54, 1.807) is 11.9 Å². The molecule has 0 aliphatic heterocycles. The molecule has 0 atom stereocenters. The van der Waals surface area contributed by atoms with Crippen LogP contribution in [0.3, 0.4) is 0 Å². The number of rotatable bonds is 2. The van der Waals surface area contributed by atoms with Crippen molar-refractivity contribution in [1.29, 1.82) is 0 Å². The molecule has 12 heavy (non-hydrogen) atoms. The molecule has 0 radical (unpaired) electrons. The standard InChI is InChI=1S/C8H19N3O/c1-8(2,3)11(4)7(12)10-6-5-9/h5-6,9H2,1-4H3,(H,10,12). The van der Waals surface area contributed by atoms with E-state index in [9.17, 15) is 4.79 Å². The number of nitrogens with two attached hydrogens (primary N) is 1. The minimum atomic E-state index is -0.140. The van der Waals surface area contributed by atoms with Crippen LogP contribution in [0, 0.1) is 0 Å². The molecule has 0 aromatic carbocycles. The average molecular weight is 173 g/mol. The van der Waals surface area contributed by atoms with Crippen molar-refractivity contribution in [3.8, 4) is 0 Å². The van der Waals surface area contributed by atoms with E-state index in [0.29, 0.717) is 13.1 Å². The quantitative estimate of drug-likeness (QED) is 0.634. The maximum Gasteiger partial charge on any atom is 0.317 e. The molecule has 2 amide bonds. The summed E-state index contributed by atoms with van der Waals surface area (Å²) in [6.45, 7) is 6.95. The summed E-state index contributed by atoms with van der Waals surface area (Å²) in [5.74, 6) is 0. The molecule has 0 bridgehead atoms. The second kappa shape index (κ2) is 4.30. The normalized spacial score (nSPS) is 11.1. The Morgan fingerprint density at radius 1 is 1.50 bits per heavy atom. The van der Waals surface area contributed by atoms with Crippen molar-refractivity contribution >= 4 is 6.03 Å².